The molecule has 0 heterocycles. The van der Waals surface area contributed by atoms with Crippen LogP contribution in [0.15, 0.2) is 46.9 Å². The third kappa shape index (κ3) is 3.61. The number of carbonyl (C=O) groups excluding carboxylic acids is 1. The minimum Gasteiger partial charge on any atom is -0.482 e. The first kappa shape index (κ1) is 13.7. The van der Waals surface area contributed by atoms with Gasteiger partial charge >= 0.3 is 0 Å². The first-order valence-corrected chi connectivity index (χ1v) is 6.22. The summed E-state index contributed by atoms with van der Waals surface area (Å²) in [5.41, 5.74) is 0.455. The van der Waals surface area contributed by atoms with Gasteiger partial charge in [-0.05, 0) is 24.3 Å². The van der Waals surface area contributed by atoms with E-state index in [1.165, 1.54) is 0 Å². The monoisotopic (exact) mass is 326 g/mol. The largest absolute Gasteiger partial charge is 0.482 e. The first-order chi connectivity index (χ1) is 9.06. The van der Waals surface area contributed by atoms with E-state index in [-0.39, 0.29) is 18.1 Å². The summed E-state index contributed by atoms with van der Waals surface area (Å²) in [6.45, 7) is -0.307. The lowest BCUT2D eigenvalue weighted by atomic mass is 10.1. The predicted octanol–water partition coefficient (Wildman–Crippen LogP) is 3.99. The van der Waals surface area contributed by atoms with Gasteiger partial charge in [0.1, 0.15) is 5.82 Å². The molecule has 0 N–H and O–H groups in total. The van der Waals surface area contributed by atoms with Gasteiger partial charge in [-0.1, -0.05) is 28.1 Å². The molecule has 0 aromatic heterocycles. The molecule has 19 heavy (non-hydrogen) atoms. The van der Waals surface area contributed by atoms with Crippen molar-refractivity contribution in [1.82, 2.24) is 0 Å². The molecule has 0 radical (unpaired) electrons. The van der Waals surface area contributed by atoms with Gasteiger partial charge < -0.3 is 4.74 Å². The van der Waals surface area contributed by atoms with Crippen molar-refractivity contribution in [3.63, 3.8) is 0 Å². The van der Waals surface area contributed by atoms with Gasteiger partial charge in [0.2, 0.25) is 0 Å². The van der Waals surface area contributed by atoms with Gasteiger partial charge in [0.15, 0.2) is 24.0 Å². The van der Waals surface area contributed by atoms with Crippen molar-refractivity contribution in [3.8, 4) is 5.75 Å². The van der Waals surface area contributed by atoms with Gasteiger partial charge in [-0.3, -0.25) is 4.79 Å². The van der Waals surface area contributed by atoms with Crippen LogP contribution in [-0.2, 0) is 0 Å². The average molecular weight is 327 g/mol. The number of hydrogen-bond acceptors (Lipinski definition) is 2. The predicted molar refractivity (Wildman–Crippen MR) is 70.3 cm³/mol. The normalized spacial score (nSPS) is 10.3. The van der Waals surface area contributed by atoms with E-state index in [1.807, 2.05) is 0 Å². The standard InChI is InChI=1S/C14H9BrF2O2/c15-10-3-1-2-9(6-10)13(18)8-19-14-5-4-11(16)7-12(14)17/h1-7H,8H2. The summed E-state index contributed by atoms with van der Waals surface area (Å²) in [6.07, 6.45) is 0. The van der Waals surface area contributed by atoms with Crippen molar-refractivity contribution < 1.29 is 18.3 Å². The molecule has 0 saturated heterocycles. The summed E-state index contributed by atoms with van der Waals surface area (Å²) >= 11 is 3.25. The quantitative estimate of drug-likeness (QED) is 0.794. The Labute approximate surface area is 117 Å². The van der Waals surface area contributed by atoms with E-state index in [2.05, 4.69) is 15.9 Å². The van der Waals surface area contributed by atoms with Crippen LogP contribution in [0.4, 0.5) is 8.78 Å². The van der Waals surface area contributed by atoms with Crippen molar-refractivity contribution >= 4 is 21.7 Å². The van der Waals surface area contributed by atoms with Crippen molar-refractivity contribution in [2.24, 2.45) is 0 Å². The van der Waals surface area contributed by atoms with Crippen molar-refractivity contribution in [2.45, 2.75) is 0 Å². The van der Waals surface area contributed by atoms with E-state index in [0.29, 0.717) is 11.6 Å². The Morgan fingerprint density at radius 3 is 2.63 bits per heavy atom. The van der Waals surface area contributed by atoms with Crippen LogP contribution in [0.25, 0.3) is 0 Å². The molecule has 2 rings (SSSR count). The zero-order valence-corrected chi connectivity index (χ0v) is 11.3. The average Bonchev–Trinajstić information content (AvgIpc) is 2.37. The molecule has 5 heteroatoms. The summed E-state index contributed by atoms with van der Waals surface area (Å²) in [4.78, 5) is 11.8. The molecule has 0 fully saturated rings. The number of ketones is 1. The second kappa shape index (κ2) is 5.93. The molecule has 98 valence electrons. The minimum absolute atomic E-state index is 0.148. The van der Waals surface area contributed by atoms with Crippen molar-refractivity contribution in [3.05, 3.63) is 64.1 Å². The second-order valence-electron chi connectivity index (χ2n) is 3.80. The molecule has 0 aliphatic rings. The van der Waals surface area contributed by atoms with Crippen LogP contribution in [0.5, 0.6) is 5.75 Å². The van der Waals surface area contributed by atoms with E-state index in [9.17, 15) is 13.6 Å². The first-order valence-electron chi connectivity index (χ1n) is 5.43. The smallest absolute Gasteiger partial charge is 0.200 e. The molecule has 0 amide bonds. The summed E-state index contributed by atoms with van der Waals surface area (Å²) in [5.74, 6) is -1.96. The van der Waals surface area contributed by atoms with Crippen LogP contribution in [0.3, 0.4) is 0 Å². The fourth-order valence-corrected chi connectivity index (χ4v) is 1.88. The van der Waals surface area contributed by atoms with Crippen molar-refractivity contribution in [1.29, 1.82) is 0 Å². The molecule has 0 atom stereocenters. The molecule has 0 bridgehead atoms. The molecule has 2 aromatic rings. The van der Waals surface area contributed by atoms with E-state index in [4.69, 9.17) is 4.74 Å². The van der Waals surface area contributed by atoms with Crippen molar-refractivity contribution in [2.75, 3.05) is 6.61 Å². The summed E-state index contributed by atoms with van der Waals surface area (Å²) in [6, 6.07) is 9.72. The van der Waals surface area contributed by atoms with Crippen LogP contribution in [0.1, 0.15) is 10.4 Å². The highest BCUT2D eigenvalue weighted by Gasteiger charge is 2.10. The van der Waals surface area contributed by atoms with E-state index in [1.54, 1.807) is 24.3 Å². The lowest BCUT2D eigenvalue weighted by Crippen LogP contribution is -2.12. The molecule has 2 aromatic carbocycles. The van der Waals surface area contributed by atoms with E-state index in [0.717, 1.165) is 16.6 Å². The highest BCUT2D eigenvalue weighted by molar-refractivity contribution is 9.10. The SMILES string of the molecule is O=C(COc1ccc(F)cc1F)c1cccc(Br)c1. The lowest BCUT2D eigenvalue weighted by Gasteiger charge is -2.06. The number of carbonyl (C=O) groups is 1. The van der Waals surface area contributed by atoms with Crippen LogP contribution in [0, 0.1) is 11.6 Å². The van der Waals surface area contributed by atoms with Crippen LogP contribution >= 0.6 is 15.9 Å². The van der Waals surface area contributed by atoms with Gasteiger partial charge in [-0.15, -0.1) is 0 Å². The highest BCUT2D eigenvalue weighted by Crippen LogP contribution is 2.18. The third-order valence-corrected chi connectivity index (χ3v) is 2.89. The Kier molecular flexibility index (Phi) is 4.27. The maximum atomic E-state index is 13.3. The minimum atomic E-state index is -0.831. The van der Waals surface area contributed by atoms with E-state index < -0.39 is 11.6 Å². The molecule has 0 aliphatic heterocycles. The Balaban J connectivity index is 2.04. The zero-order chi connectivity index (χ0) is 13.8. The van der Waals surface area contributed by atoms with Gasteiger partial charge in [0.05, 0.1) is 0 Å². The van der Waals surface area contributed by atoms with Gasteiger partial charge in [-0.25, -0.2) is 8.78 Å². The van der Waals surface area contributed by atoms with Crippen LogP contribution in [-0.4, -0.2) is 12.4 Å². The molecule has 2 nitrogen and oxygen atoms in total. The van der Waals surface area contributed by atoms with Gasteiger partial charge in [0.25, 0.3) is 0 Å². The van der Waals surface area contributed by atoms with Crippen LogP contribution in [0.2, 0.25) is 0 Å². The molecule has 0 aliphatic carbocycles. The molecule has 0 spiro atoms. The second-order valence-corrected chi connectivity index (χ2v) is 4.71. The topological polar surface area (TPSA) is 26.3 Å². The summed E-state index contributed by atoms with van der Waals surface area (Å²) < 4.78 is 31.8. The molecular weight excluding hydrogens is 318 g/mol. The van der Waals surface area contributed by atoms with Crippen LogP contribution < -0.4 is 4.74 Å². The van der Waals surface area contributed by atoms with Gasteiger partial charge in [-0.2, -0.15) is 0 Å². The Morgan fingerprint density at radius 1 is 1.16 bits per heavy atom. The molecule has 0 unspecified atom stereocenters. The fourth-order valence-electron chi connectivity index (χ4n) is 1.48. The number of benzene rings is 2. The summed E-state index contributed by atoms with van der Waals surface area (Å²) in [5, 5.41) is 0. The Hall–Kier alpha value is -1.75. The highest BCUT2D eigenvalue weighted by atomic mass is 79.9. The zero-order valence-electron chi connectivity index (χ0n) is 9.70. The molecule has 0 saturated carbocycles. The third-order valence-electron chi connectivity index (χ3n) is 2.40. The van der Waals surface area contributed by atoms with Gasteiger partial charge in [0, 0.05) is 16.1 Å². The fraction of sp³-hybridized carbons (Fsp3) is 0.0714. The summed E-state index contributed by atoms with van der Waals surface area (Å²) in [7, 11) is 0. The maximum absolute atomic E-state index is 13.3. The maximum Gasteiger partial charge on any atom is 0.200 e. The Morgan fingerprint density at radius 2 is 1.95 bits per heavy atom. The number of halogens is 3. The van der Waals surface area contributed by atoms with E-state index >= 15 is 0 Å². The Bertz CT molecular complexity index is 614. The number of rotatable bonds is 4. The number of hydrogen-bond donors (Lipinski definition) is 0. The molecular formula is C14H9BrF2O2. The lowest BCUT2D eigenvalue weighted by molar-refractivity contribution is 0.0918. The number of ether oxygens (including phenoxy) is 1. The number of Topliss-reactive ketones (excluding diaryl/α,β-unsaturated/α-hetero) is 1.